The minimum absolute atomic E-state index is 0.239. The number of thioether (sulfide) groups is 1. The highest BCUT2D eigenvalue weighted by Crippen LogP contribution is 2.53. The summed E-state index contributed by atoms with van der Waals surface area (Å²) in [5, 5.41) is 13.6. The van der Waals surface area contributed by atoms with Crippen molar-refractivity contribution in [3.05, 3.63) is 244 Å². The van der Waals surface area contributed by atoms with Crippen molar-refractivity contribution in [3.63, 3.8) is 0 Å². The largest absolute Gasteiger partial charge is 0.488 e. The van der Waals surface area contributed by atoms with Crippen LogP contribution in [0.3, 0.4) is 0 Å². The molecule has 0 saturated carbocycles. The first-order valence-corrected chi connectivity index (χ1v) is 23.2. The van der Waals surface area contributed by atoms with E-state index in [1.165, 1.54) is 22.9 Å². The van der Waals surface area contributed by atoms with Gasteiger partial charge in [0.1, 0.15) is 30.7 Å². The minimum Gasteiger partial charge on any atom is -0.488 e. The second-order valence-corrected chi connectivity index (χ2v) is 18.0. The second kappa shape index (κ2) is 22.4. The molecule has 1 heterocycles. The molecule has 0 spiro atoms. The Labute approximate surface area is 383 Å². The van der Waals surface area contributed by atoms with Gasteiger partial charge in [-0.2, -0.15) is 0 Å². The molecule has 1 fully saturated rings. The quantitative estimate of drug-likeness (QED) is 0.0818. The van der Waals surface area contributed by atoms with Gasteiger partial charge in [-0.1, -0.05) is 183 Å². The predicted molar refractivity (Wildman–Crippen MR) is 257 cm³/mol. The number of benzene rings is 7. The molecule has 1 aliphatic heterocycles. The third-order valence-corrected chi connectivity index (χ3v) is 13.3. The maximum Gasteiger partial charge on any atom is 0.168 e. The molecule has 8 rings (SSSR count). The van der Waals surface area contributed by atoms with Gasteiger partial charge in [-0.3, -0.25) is 0 Å². The van der Waals surface area contributed by atoms with Crippen LogP contribution < -0.4 is 4.74 Å². The Hall–Kier alpha value is -5.51. The van der Waals surface area contributed by atoms with Gasteiger partial charge >= 0.3 is 0 Å². The summed E-state index contributed by atoms with van der Waals surface area (Å²) in [4.78, 5) is -1.70. The van der Waals surface area contributed by atoms with Crippen molar-refractivity contribution in [1.29, 1.82) is 0 Å². The van der Waals surface area contributed by atoms with Crippen molar-refractivity contribution >= 4 is 11.8 Å². The molecule has 1 N–H and O–H groups in total. The molecule has 0 bridgehead atoms. The summed E-state index contributed by atoms with van der Waals surface area (Å²) < 4.78 is 34.6. The van der Waals surface area contributed by atoms with Gasteiger partial charge in [0, 0.05) is 5.56 Å². The average molecular weight is 871 g/mol. The standard InChI is InChI=1S/C57H58O6S/c1-3-43-29-31-44(32-30-43)34-50-35-51(52(33-42(50)2)60-37-46-21-11-5-12-22-46)57(58)56(63-40-49-27-17-8-18-28-49)55(62-39-48-25-15-7-16-26-48)54(61-38-47-23-13-6-14-24-47)53(64-57)41-59-36-45-19-9-4-10-20-45/h4-33,35,53-56,58H,3,34,36-41H2,1-2H3/t53-,54+,55-,56+,57-/m0/s1. The number of aliphatic hydroxyl groups is 1. The molecule has 7 heteroatoms. The molecule has 6 nitrogen and oxygen atoms in total. The molecule has 0 unspecified atom stereocenters. The van der Waals surface area contributed by atoms with Crippen LogP contribution in [0.4, 0.5) is 0 Å². The number of aryl methyl sites for hydroxylation is 2. The van der Waals surface area contributed by atoms with E-state index < -0.39 is 28.5 Å². The van der Waals surface area contributed by atoms with E-state index >= 15 is 0 Å². The topological polar surface area (TPSA) is 66.4 Å². The Balaban J connectivity index is 1.25. The Bertz CT molecular complexity index is 2450. The lowest BCUT2D eigenvalue weighted by atomic mass is 9.89. The monoisotopic (exact) mass is 870 g/mol. The van der Waals surface area contributed by atoms with Crippen LogP contribution in [0.1, 0.15) is 62.6 Å². The SMILES string of the molecule is CCc1ccc(Cc2cc([C@]3(O)S[C@@H](COCc4ccccc4)[C@@H](OCc4ccccc4)[C@H](OCc4ccccc4)[C@H]3OCc3ccccc3)c(OCc3ccccc3)cc2C)cc1. The Morgan fingerprint density at radius 2 is 0.953 bits per heavy atom. The maximum atomic E-state index is 14.0. The smallest absolute Gasteiger partial charge is 0.168 e. The fourth-order valence-electron chi connectivity index (χ4n) is 8.23. The predicted octanol–water partition coefficient (Wildman–Crippen LogP) is 12.0. The van der Waals surface area contributed by atoms with Crippen LogP contribution in [0.25, 0.3) is 0 Å². The van der Waals surface area contributed by atoms with E-state index in [4.69, 9.17) is 23.7 Å². The zero-order valence-corrected chi connectivity index (χ0v) is 37.6. The van der Waals surface area contributed by atoms with Crippen molar-refractivity contribution in [2.45, 2.75) is 88.2 Å². The van der Waals surface area contributed by atoms with Crippen LogP contribution >= 0.6 is 11.8 Å². The molecule has 328 valence electrons. The van der Waals surface area contributed by atoms with Crippen molar-refractivity contribution in [1.82, 2.24) is 0 Å². The maximum absolute atomic E-state index is 14.0. The van der Waals surface area contributed by atoms with Gasteiger partial charge in [0.2, 0.25) is 0 Å². The molecule has 7 aromatic carbocycles. The first kappa shape index (κ1) is 45.1. The van der Waals surface area contributed by atoms with Gasteiger partial charge in [-0.15, -0.1) is 11.8 Å². The highest BCUT2D eigenvalue weighted by atomic mass is 32.2. The van der Waals surface area contributed by atoms with E-state index in [0.717, 1.165) is 45.4 Å². The number of hydrogen-bond acceptors (Lipinski definition) is 7. The van der Waals surface area contributed by atoms with E-state index in [2.05, 4.69) is 98.8 Å². The molecular weight excluding hydrogens is 813 g/mol. The van der Waals surface area contributed by atoms with Gasteiger partial charge in [0.25, 0.3) is 0 Å². The first-order chi connectivity index (χ1) is 31.4. The Morgan fingerprint density at radius 1 is 0.500 bits per heavy atom. The molecule has 1 aliphatic rings. The van der Waals surface area contributed by atoms with Gasteiger partial charge < -0.3 is 28.8 Å². The molecule has 0 aliphatic carbocycles. The molecule has 0 radical (unpaired) electrons. The molecule has 64 heavy (non-hydrogen) atoms. The lowest BCUT2D eigenvalue weighted by Gasteiger charge is -2.50. The van der Waals surface area contributed by atoms with Crippen molar-refractivity contribution in [3.8, 4) is 5.75 Å². The van der Waals surface area contributed by atoms with Crippen LogP contribution in [0.2, 0.25) is 0 Å². The normalized spacial score (nSPS) is 19.6. The number of hydrogen-bond donors (Lipinski definition) is 1. The van der Waals surface area contributed by atoms with Crippen LogP contribution in [-0.4, -0.2) is 35.3 Å². The summed E-state index contributed by atoms with van der Waals surface area (Å²) in [6.45, 7) is 6.16. The molecule has 1 saturated heterocycles. The Morgan fingerprint density at radius 3 is 1.47 bits per heavy atom. The van der Waals surface area contributed by atoms with Crippen LogP contribution in [0.5, 0.6) is 5.75 Å². The summed E-state index contributed by atoms with van der Waals surface area (Å²) in [7, 11) is 0. The molecule has 0 amide bonds. The second-order valence-electron chi connectivity index (χ2n) is 16.5. The highest BCUT2D eigenvalue weighted by Gasteiger charge is 2.57. The molecule has 0 aromatic heterocycles. The summed E-state index contributed by atoms with van der Waals surface area (Å²) >= 11 is 1.42. The van der Waals surface area contributed by atoms with Crippen LogP contribution in [0.15, 0.2) is 188 Å². The molecule has 5 atom stereocenters. The average Bonchev–Trinajstić information content (AvgIpc) is 3.34. The summed E-state index contributed by atoms with van der Waals surface area (Å²) in [6.07, 6.45) is -0.575. The first-order valence-electron chi connectivity index (χ1n) is 22.3. The van der Waals surface area contributed by atoms with E-state index in [1.54, 1.807) is 0 Å². The molecular formula is C57H58O6S. The van der Waals surface area contributed by atoms with E-state index in [-0.39, 0.29) is 19.8 Å². The number of rotatable bonds is 20. The van der Waals surface area contributed by atoms with Crippen LogP contribution in [-0.2, 0) is 69.8 Å². The summed E-state index contributed by atoms with van der Waals surface area (Å²) in [5.41, 5.74) is 10.4. The van der Waals surface area contributed by atoms with Gasteiger partial charge in [-0.25, -0.2) is 0 Å². The fraction of sp³-hybridized carbons (Fsp3) is 0.263. The lowest BCUT2D eigenvalue weighted by Crippen LogP contribution is -2.61. The van der Waals surface area contributed by atoms with Gasteiger partial charge in [0.15, 0.2) is 4.93 Å². The van der Waals surface area contributed by atoms with Crippen molar-refractivity contribution in [2.75, 3.05) is 6.61 Å². The highest BCUT2D eigenvalue weighted by molar-refractivity contribution is 8.00. The lowest BCUT2D eigenvalue weighted by molar-refractivity contribution is -0.199. The molecule has 7 aromatic rings. The van der Waals surface area contributed by atoms with Crippen LogP contribution in [0, 0.1) is 6.92 Å². The van der Waals surface area contributed by atoms with E-state index in [1.807, 2.05) is 103 Å². The fourth-order valence-corrected chi connectivity index (χ4v) is 9.85. The zero-order valence-electron chi connectivity index (χ0n) is 36.8. The van der Waals surface area contributed by atoms with E-state index in [0.29, 0.717) is 37.6 Å². The van der Waals surface area contributed by atoms with E-state index in [9.17, 15) is 5.11 Å². The third kappa shape index (κ3) is 11.8. The van der Waals surface area contributed by atoms with Crippen molar-refractivity contribution < 1.29 is 28.8 Å². The summed E-state index contributed by atoms with van der Waals surface area (Å²) in [6, 6.07) is 63.7. The summed E-state index contributed by atoms with van der Waals surface area (Å²) in [5.74, 6) is 0.587. The van der Waals surface area contributed by atoms with Gasteiger partial charge in [-0.05, 0) is 82.0 Å². The number of ether oxygens (including phenoxy) is 5. The third-order valence-electron chi connectivity index (χ3n) is 11.8. The zero-order chi connectivity index (χ0) is 44.0. The van der Waals surface area contributed by atoms with Gasteiger partial charge in [0.05, 0.1) is 38.3 Å². The van der Waals surface area contributed by atoms with Crippen molar-refractivity contribution in [2.24, 2.45) is 0 Å². The minimum atomic E-state index is -1.70. The Kier molecular flexibility index (Phi) is 15.8.